The molecule has 116 valence electrons. The minimum atomic E-state index is -3.04. The minimum absolute atomic E-state index is 0.318. The minimum Gasteiger partial charge on any atom is -0.314 e. The van der Waals surface area contributed by atoms with Gasteiger partial charge in [-0.3, -0.25) is 0 Å². The number of sulfonamides is 1. The van der Waals surface area contributed by atoms with Crippen molar-refractivity contribution in [2.24, 2.45) is 5.92 Å². The molecular weight excluding hydrogens is 272 g/mol. The average Bonchev–Trinajstić information content (AvgIpc) is 3.27. The molecule has 1 N–H and O–H groups in total. The number of hydrogen-bond donors (Lipinski definition) is 1. The van der Waals surface area contributed by atoms with Gasteiger partial charge in [0.25, 0.3) is 0 Å². The first-order valence-corrected chi connectivity index (χ1v) is 10.0. The molecule has 5 heteroatoms. The zero-order chi connectivity index (χ0) is 14.0. The molecule has 2 atom stereocenters. The van der Waals surface area contributed by atoms with Crippen molar-refractivity contribution >= 4 is 10.0 Å². The summed E-state index contributed by atoms with van der Waals surface area (Å²) in [6.07, 6.45) is 10.4. The van der Waals surface area contributed by atoms with E-state index in [1.165, 1.54) is 38.5 Å². The predicted molar refractivity (Wildman–Crippen MR) is 81.1 cm³/mol. The SMILES string of the molecule is O=S(=O)(CCCNC1CC1)N1CCC[C@H]2CCCC[C@H]21. The Morgan fingerprint density at radius 2 is 1.75 bits per heavy atom. The van der Waals surface area contributed by atoms with Crippen LogP contribution in [0.15, 0.2) is 0 Å². The van der Waals surface area contributed by atoms with Crippen LogP contribution in [0.4, 0.5) is 0 Å². The lowest BCUT2D eigenvalue weighted by Gasteiger charge is -2.43. The molecule has 0 bridgehead atoms. The lowest BCUT2D eigenvalue weighted by atomic mass is 9.79. The third kappa shape index (κ3) is 3.55. The Labute approximate surface area is 123 Å². The molecule has 4 nitrogen and oxygen atoms in total. The van der Waals surface area contributed by atoms with E-state index in [4.69, 9.17) is 0 Å². The molecule has 1 saturated heterocycles. The maximum absolute atomic E-state index is 12.6. The van der Waals surface area contributed by atoms with Crippen LogP contribution in [0.25, 0.3) is 0 Å². The first-order chi connectivity index (χ1) is 9.67. The molecule has 3 fully saturated rings. The highest BCUT2D eigenvalue weighted by Crippen LogP contribution is 2.36. The van der Waals surface area contributed by atoms with E-state index in [2.05, 4.69) is 5.32 Å². The second-order valence-electron chi connectivity index (χ2n) is 6.76. The molecule has 2 saturated carbocycles. The number of nitrogens with one attached hydrogen (secondary N) is 1. The van der Waals surface area contributed by atoms with Crippen molar-refractivity contribution < 1.29 is 8.42 Å². The van der Waals surface area contributed by atoms with Gasteiger partial charge in [-0.1, -0.05) is 12.8 Å². The summed E-state index contributed by atoms with van der Waals surface area (Å²) in [5.41, 5.74) is 0. The van der Waals surface area contributed by atoms with Crippen LogP contribution < -0.4 is 5.32 Å². The Kier molecular flexibility index (Phi) is 4.68. The first-order valence-electron chi connectivity index (χ1n) is 8.40. The third-order valence-corrected chi connectivity index (χ3v) is 7.11. The summed E-state index contributed by atoms with van der Waals surface area (Å²) in [6, 6.07) is 0.995. The zero-order valence-corrected chi connectivity index (χ0v) is 13.2. The normalized spacial score (nSPS) is 32.0. The van der Waals surface area contributed by atoms with Crippen LogP contribution in [-0.4, -0.2) is 43.6 Å². The van der Waals surface area contributed by atoms with Crippen molar-refractivity contribution in [2.45, 2.75) is 69.9 Å². The maximum atomic E-state index is 12.6. The van der Waals surface area contributed by atoms with Gasteiger partial charge in [-0.2, -0.15) is 4.31 Å². The van der Waals surface area contributed by atoms with Gasteiger partial charge in [0, 0.05) is 18.6 Å². The Bertz CT molecular complexity index is 418. The lowest BCUT2D eigenvalue weighted by Crippen LogP contribution is -2.50. The molecule has 3 aliphatic rings. The zero-order valence-electron chi connectivity index (χ0n) is 12.4. The summed E-state index contributed by atoms with van der Waals surface area (Å²) in [5, 5.41) is 3.41. The van der Waals surface area contributed by atoms with Crippen LogP contribution in [0.5, 0.6) is 0 Å². The molecule has 0 amide bonds. The summed E-state index contributed by atoms with van der Waals surface area (Å²) in [5.74, 6) is 0.965. The van der Waals surface area contributed by atoms with Crippen LogP contribution in [0.2, 0.25) is 0 Å². The van der Waals surface area contributed by atoms with E-state index in [0.717, 1.165) is 32.4 Å². The monoisotopic (exact) mass is 300 g/mol. The van der Waals surface area contributed by atoms with Gasteiger partial charge in [0.05, 0.1) is 5.75 Å². The molecule has 0 unspecified atom stereocenters. The van der Waals surface area contributed by atoms with Gasteiger partial charge in [0.1, 0.15) is 0 Å². The fourth-order valence-electron chi connectivity index (χ4n) is 3.89. The second-order valence-corrected chi connectivity index (χ2v) is 8.80. The maximum Gasteiger partial charge on any atom is 0.214 e. The van der Waals surface area contributed by atoms with Crippen LogP contribution in [-0.2, 0) is 10.0 Å². The molecule has 3 rings (SSSR count). The molecule has 0 spiro atoms. The van der Waals surface area contributed by atoms with Crippen molar-refractivity contribution in [1.82, 2.24) is 9.62 Å². The number of rotatable bonds is 6. The molecule has 1 heterocycles. The van der Waals surface area contributed by atoms with Gasteiger partial charge in [0.15, 0.2) is 0 Å². The van der Waals surface area contributed by atoms with Gasteiger partial charge in [-0.25, -0.2) is 8.42 Å². The Balaban J connectivity index is 1.53. The van der Waals surface area contributed by atoms with Gasteiger partial charge >= 0.3 is 0 Å². The van der Waals surface area contributed by atoms with Crippen molar-refractivity contribution in [3.63, 3.8) is 0 Å². The topological polar surface area (TPSA) is 49.4 Å². The van der Waals surface area contributed by atoms with E-state index >= 15 is 0 Å². The number of piperidine rings is 1. The van der Waals surface area contributed by atoms with Gasteiger partial charge < -0.3 is 5.32 Å². The van der Waals surface area contributed by atoms with Crippen LogP contribution in [0.3, 0.4) is 0 Å². The smallest absolute Gasteiger partial charge is 0.214 e. The number of hydrogen-bond acceptors (Lipinski definition) is 3. The summed E-state index contributed by atoms with van der Waals surface area (Å²) < 4.78 is 27.1. The fraction of sp³-hybridized carbons (Fsp3) is 1.00. The van der Waals surface area contributed by atoms with E-state index in [-0.39, 0.29) is 0 Å². The van der Waals surface area contributed by atoms with E-state index < -0.39 is 10.0 Å². The predicted octanol–water partition coefficient (Wildman–Crippen LogP) is 2.11. The molecule has 0 radical (unpaired) electrons. The van der Waals surface area contributed by atoms with E-state index in [9.17, 15) is 8.42 Å². The third-order valence-electron chi connectivity index (χ3n) is 5.14. The number of nitrogens with zero attached hydrogens (tertiary/aromatic N) is 1. The van der Waals surface area contributed by atoms with Crippen LogP contribution >= 0.6 is 0 Å². The van der Waals surface area contributed by atoms with Gasteiger partial charge in [-0.05, 0) is 57.4 Å². The lowest BCUT2D eigenvalue weighted by molar-refractivity contribution is 0.129. The molecule has 0 aromatic heterocycles. The average molecular weight is 300 g/mol. The number of fused-ring (bicyclic) bond motifs is 1. The van der Waals surface area contributed by atoms with E-state index in [1.54, 1.807) is 0 Å². The van der Waals surface area contributed by atoms with Crippen molar-refractivity contribution in [3.8, 4) is 0 Å². The van der Waals surface area contributed by atoms with E-state index in [1.807, 2.05) is 4.31 Å². The summed E-state index contributed by atoms with van der Waals surface area (Å²) in [7, 11) is -3.04. The Morgan fingerprint density at radius 1 is 1.00 bits per heavy atom. The second kappa shape index (κ2) is 6.32. The largest absolute Gasteiger partial charge is 0.314 e. The van der Waals surface area contributed by atoms with Gasteiger partial charge in [-0.15, -0.1) is 0 Å². The summed E-state index contributed by atoms with van der Waals surface area (Å²) in [6.45, 7) is 1.62. The van der Waals surface area contributed by atoms with Gasteiger partial charge in [0.2, 0.25) is 10.0 Å². The van der Waals surface area contributed by atoms with Crippen LogP contribution in [0, 0.1) is 5.92 Å². The van der Waals surface area contributed by atoms with Crippen molar-refractivity contribution in [3.05, 3.63) is 0 Å². The Morgan fingerprint density at radius 3 is 2.55 bits per heavy atom. The highest BCUT2D eigenvalue weighted by Gasteiger charge is 2.38. The standard InChI is InChI=1S/C15H28N2O2S/c18-20(19,12-4-10-16-14-8-9-14)17-11-3-6-13-5-1-2-7-15(13)17/h13-16H,1-12H2/t13-,15-/m1/s1. The van der Waals surface area contributed by atoms with Crippen LogP contribution in [0.1, 0.15) is 57.8 Å². The quantitative estimate of drug-likeness (QED) is 0.764. The highest BCUT2D eigenvalue weighted by molar-refractivity contribution is 7.89. The molecule has 20 heavy (non-hydrogen) atoms. The summed E-state index contributed by atoms with van der Waals surface area (Å²) >= 11 is 0. The molecule has 0 aromatic carbocycles. The molecule has 1 aliphatic heterocycles. The molecule has 2 aliphatic carbocycles. The highest BCUT2D eigenvalue weighted by atomic mass is 32.2. The Hall–Kier alpha value is -0.130. The summed E-state index contributed by atoms with van der Waals surface area (Å²) in [4.78, 5) is 0. The molecular formula is C15H28N2O2S. The van der Waals surface area contributed by atoms with Crippen molar-refractivity contribution in [2.75, 3.05) is 18.8 Å². The molecule has 0 aromatic rings. The van der Waals surface area contributed by atoms with Crippen molar-refractivity contribution in [1.29, 1.82) is 0 Å². The fourth-order valence-corrected chi connectivity index (χ4v) is 5.73. The first kappa shape index (κ1) is 14.8. The van der Waals surface area contributed by atoms with E-state index in [0.29, 0.717) is 23.8 Å².